The molecule has 0 unspecified atom stereocenters. The maximum Gasteiger partial charge on any atom is 0.328 e. The lowest BCUT2D eigenvalue weighted by molar-refractivity contribution is 0.229. The van der Waals surface area contributed by atoms with E-state index in [0.717, 1.165) is 16.8 Å². The number of aromatic nitrogens is 2. The molecular weight excluding hydrogens is 278 g/mol. The molecule has 0 radical (unpaired) electrons. The number of urea groups is 1. The molecule has 6 heteroatoms. The monoisotopic (exact) mass is 295 g/mol. The smallest absolute Gasteiger partial charge is 0.292 e. The zero-order valence-electron chi connectivity index (χ0n) is 12.5. The number of aliphatic imine (C=N–C) groups is 1. The summed E-state index contributed by atoms with van der Waals surface area (Å²) >= 11 is 0. The molecular formula is C16H17N5O. The standard InChI is InChI=1S/C16H17N5O/c1-12-8-13(2)10-14(9-12)21-15(4-6-18-21)19-16(22)20-7-3-5-17-11-20/h3-10H,11H2,1-2H3,(H,19,22). The van der Waals surface area contributed by atoms with Crippen LogP contribution in [0.2, 0.25) is 0 Å². The maximum atomic E-state index is 12.2. The van der Waals surface area contributed by atoms with Crippen molar-refractivity contribution >= 4 is 18.1 Å². The molecule has 0 aliphatic carbocycles. The predicted molar refractivity (Wildman–Crippen MR) is 86.4 cm³/mol. The van der Waals surface area contributed by atoms with E-state index < -0.39 is 0 Å². The second kappa shape index (κ2) is 5.85. The minimum atomic E-state index is -0.237. The Morgan fingerprint density at radius 3 is 2.68 bits per heavy atom. The van der Waals surface area contributed by atoms with Crippen molar-refractivity contribution < 1.29 is 4.79 Å². The van der Waals surface area contributed by atoms with Crippen molar-refractivity contribution in [2.45, 2.75) is 13.8 Å². The molecule has 0 saturated heterocycles. The van der Waals surface area contributed by atoms with Gasteiger partial charge in [0, 0.05) is 18.5 Å². The van der Waals surface area contributed by atoms with Crippen molar-refractivity contribution in [2.24, 2.45) is 4.99 Å². The van der Waals surface area contributed by atoms with Gasteiger partial charge in [0.05, 0.1) is 11.9 Å². The van der Waals surface area contributed by atoms with Crippen LogP contribution < -0.4 is 5.32 Å². The van der Waals surface area contributed by atoms with Crippen molar-refractivity contribution in [1.82, 2.24) is 14.7 Å². The van der Waals surface area contributed by atoms with E-state index in [2.05, 4.69) is 21.5 Å². The predicted octanol–water partition coefficient (Wildman–Crippen LogP) is 2.88. The van der Waals surface area contributed by atoms with E-state index >= 15 is 0 Å². The lowest BCUT2D eigenvalue weighted by Gasteiger charge is -2.19. The number of carbonyl (C=O) groups is 1. The Hall–Kier alpha value is -2.89. The van der Waals surface area contributed by atoms with Gasteiger partial charge in [0.2, 0.25) is 0 Å². The number of hydrogen-bond donors (Lipinski definition) is 1. The van der Waals surface area contributed by atoms with Crippen LogP contribution in [0.25, 0.3) is 5.69 Å². The number of nitrogens with zero attached hydrogens (tertiary/aromatic N) is 4. The molecule has 1 aromatic heterocycles. The van der Waals surface area contributed by atoms with Gasteiger partial charge in [-0.25, -0.2) is 9.48 Å². The highest BCUT2D eigenvalue weighted by Gasteiger charge is 2.14. The van der Waals surface area contributed by atoms with Crippen molar-refractivity contribution in [3.05, 3.63) is 53.9 Å². The number of amides is 2. The van der Waals surface area contributed by atoms with Crippen LogP contribution in [0.1, 0.15) is 11.1 Å². The van der Waals surface area contributed by atoms with Gasteiger partial charge in [-0.2, -0.15) is 5.10 Å². The first-order valence-electron chi connectivity index (χ1n) is 7.00. The molecule has 1 N–H and O–H groups in total. The van der Waals surface area contributed by atoms with E-state index in [1.165, 1.54) is 4.90 Å². The Morgan fingerprint density at radius 2 is 2.00 bits per heavy atom. The number of nitrogens with one attached hydrogen (secondary N) is 1. The SMILES string of the molecule is Cc1cc(C)cc(-n2nccc2NC(=O)N2C=CC=NC2)c1. The highest BCUT2D eigenvalue weighted by Crippen LogP contribution is 2.18. The third kappa shape index (κ3) is 2.90. The average Bonchev–Trinajstić information content (AvgIpc) is 2.95. The summed E-state index contributed by atoms with van der Waals surface area (Å²) in [6.07, 6.45) is 6.76. The Balaban J connectivity index is 1.84. The molecule has 1 aliphatic heterocycles. The van der Waals surface area contributed by atoms with Crippen LogP contribution in [0.3, 0.4) is 0 Å². The largest absolute Gasteiger partial charge is 0.328 e. The Morgan fingerprint density at radius 1 is 1.23 bits per heavy atom. The highest BCUT2D eigenvalue weighted by molar-refractivity contribution is 5.90. The van der Waals surface area contributed by atoms with Crippen LogP contribution in [0.5, 0.6) is 0 Å². The Kier molecular flexibility index (Phi) is 3.74. The van der Waals surface area contributed by atoms with Crippen molar-refractivity contribution in [1.29, 1.82) is 0 Å². The Bertz CT molecular complexity index is 739. The van der Waals surface area contributed by atoms with Gasteiger partial charge < -0.3 is 0 Å². The van der Waals surface area contributed by atoms with E-state index in [4.69, 9.17) is 0 Å². The number of benzene rings is 1. The number of rotatable bonds is 2. The van der Waals surface area contributed by atoms with E-state index in [-0.39, 0.29) is 6.03 Å². The van der Waals surface area contributed by atoms with Gasteiger partial charge >= 0.3 is 6.03 Å². The van der Waals surface area contributed by atoms with E-state index in [0.29, 0.717) is 12.5 Å². The summed E-state index contributed by atoms with van der Waals surface area (Å²) in [5.41, 5.74) is 3.22. The van der Waals surface area contributed by atoms with E-state index in [9.17, 15) is 4.79 Å². The second-order valence-corrected chi connectivity index (χ2v) is 5.19. The molecule has 2 heterocycles. The summed E-state index contributed by atoms with van der Waals surface area (Å²) in [6, 6.07) is 7.69. The topological polar surface area (TPSA) is 62.5 Å². The fourth-order valence-electron chi connectivity index (χ4n) is 2.38. The van der Waals surface area contributed by atoms with Gasteiger partial charge in [0.15, 0.2) is 0 Å². The first-order valence-corrected chi connectivity index (χ1v) is 7.00. The molecule has 3 rings (SSSR count). The summed E-state index contributed by atoms with van der Waals surface area (Å²) in [5.74, 6) is 0.623. The molecule has 0 spiro atoms. The fourth-order valence-corrected chi connectivity index (χ4v) is 2.38. The van der Waals surface area contributed by atoms with Crippen LogP contribution in [0.15, 0.2) is 47.7 Å². The molecule has 0 bridgehead atoms. The average molecular weight is 295 g/mol. The molecule has 112 valence electrons. The van der Waals surface area contributed by atoms with E-state index in [1.807, 2.05) is 26.0 Å². The van der Waals surface area contributed by atoms with Crippen LogP contribution in [-0.4, -0.2) is 33.6 Å². The number of aryl methyl sites for hydroxylation is 2. The normalized spacial score (nSPS) is 13.5. The number of hydrogen-bond acceptors (Lipinski definition) is 3. The van der Waals surface area contributed by atoms with Gasteiger partial charge in [-0.1, -0.05) is 6.07 Å². The van der Waals surface area contributed by atoms with Crippen LogP contribution in [0.4, 0.5) is 10.6 Å². The zero-order chi connectivity index (χ0) is 15.5. The minimum Gasteiger partial charge on any atom is -0.292 e. The van der Waals surface area contributed by atoms with Crippen molar-refractivity contribution in [3.63, 3.8) is 0 Å². The molecule has 2 aromatic rings. The summed E-state index contributed by atoms with van der Waals surface area (Å²) in [7, 11) is 0. The number of allylic oxidation sites excluding steroid dienone is 1. The third-order valence-electron chi connectivity index (χ3n) is 3.28. The number of carbonyl (C=O) groups excluding carboxylic acids is 1. The summed E-state index contributed by atoms with van der Waals surface area (Å²) in [5, 5.41) is 7.16. The maximum absolute atomic E-state index is 12.2. The van der Waals surface area contributed by atoms with Crippen molar-refractivity contribution in [2.75, 3.05) is 12.0 Å². The quantitative estimate of drug-likeness (QED) is 0.926. The highest BCUT2D eigenvalue weighted by atomic mass is 16.2. The minimum absolute atomic E-state index is 0.237. The summed E-state index contributed by atoms with van der Waals surface area (Å²) < 4.78 is 1.72. The lowest BCUT2D eigenvalue weighted by atomic mass is 10.1. The van der Waals surface area contributed by atoms with Gasteiger partial charge in [0.1, 0.15) is 12.5 Å². The molecule has 2 amide bonds. The molecule has 6 nitrogen and oxygen atoms in total. The zero-order valence-corrected chi connectivity index (χ0v) is 12.5. The van der Waals surface area contributed by atoms with Crippen LogP contribution >= 0.6 is 0 Å². The van der Waals surface area contributed by atoms with Crippen LogP contribution in [0, 0.1) is 13.8 Å². The third-order valence-corrected chi connectivity index (χ3v) is 3.28. The second-order valence-electron chi connectivity index (χ2n) is 5.19. The van der Waals surface area contributed by atoms with Gasteiger partial charge in [-0.15, -0.1) is 0 Å². The fraction of sp³-hybridized carbons (Fsp3) is 0.188. The lowest BCUT2D eigenvalue weighted by Crippen LogP contribution is -2.32. The summed E-state index contributed by atoms with van der Waals surface area (Å²) in [4.78, 5) is 17.8. The first-order chi connectivity index (χ1) is 10.6. The molecule has 22 heavy (non-hydrogen) atoms. The van der Waals surface area contributed by atoms with Crippen molar-refractivity contribution in [3.8, 4) is 5.69 Å². The van der Waals surface area contributed by atoms with Gasteiger partial charge in [-0.05, 0) is 43.2 Å². The molecule has 1 aliphatic rings. The summed E-state index contributed by atoms with van der Waals surface area (Å²) in [6.45, 7) is 4.39. The first kappa shape index (κ1) is 14.1. The molecule has 0 atom stereocenters. The van der Waals surface area contributed by atoms with Crippen LogP contribution in [-0.2, 0) is 0 Å². The molecule has 0 fully saturated rings. The molecule has 1 aromatic carbocycles. The Labute approximate surface area is 128 Å². The van der Waals surface area contributed by atoms with E-state index in [1.54, 1.807) is 35.4 Å². The molecule has 0 saturated carbocycles. The van der Waals surface area contributed by atoms with Gasteiger partial charge in [-0.3, -0.25) is 15.2 Å². The number of anilines is 1. The van der Waals surface area contributed by atoms with Gasteiger partial charge in [0.25, 0.3) is 0 Å².